The van der Waals surface area contributed by atoms with E-state index in [1.165, 1.54) is 23.5 Å². The predicted molar refractivity (Wildman–Crippen MR) is 114 cm³/mol. The molecule has 0 spiro atoms. The van der Waals surface area contributed by atoms with Crippen LogP contribution in [0.5, 0.6) is 0 Å². The van der Waals surface area contributed by atoms with Gasteiger partial charge in [-0.2, -0.15) is 18.4 Å². The number of thiophene rings is 1. The Balaban J connectivity index is 1.57. The van der Waals surface area contributed by atoms with E-state index in [1.807, 2.05) is 12.1 Å². The van der Waals surface area contributed by atoms with E-state index in [-0.39, 0.29) is 17.8 Å². The van der Waals surface area contributed by atoms with E-state index < -0.39 is 17.7 Å². The SMILES string of the molecule is N#C[C@@H]1CC[C@H](/C=C/Cc2cccc(C(F)(F)F)c2)[C@H]1CCCc1ccc(C(=O)O)s1. The quantitative estimate of drug-likeness (QED) is 0.455. The molecule has 3 rings (SSSR count). The van der Waals surface area contributed by atoms with Crippen LogP contribution in [0, 0.1) is 29.1 Å². The van der Waals surface area contributed by atoms with Crippen LogP contribution in [0.25, 0.3) is 0 Å². The van der Waals surface area contributed by atoms with E-state index in [4.69, 9.17) is 5.11 Å². The molecule has 1 heterocycles. The molecule has 7 heteroatoms. The molecule has 31 heavy (non-hydrogen) atoms. The summed E-state index contributed by atoms with van der Waals surface area (Å²) in [7, 11) is 0. The van der Waals surface area contributed by atoms with Gasteiger partial charge >= 0.3 is 12.1 Å². The highest BCUT2D eigenvalue weighted by Gasteiger charge is 2.34. The zero-order valence-corrected chi connectivity index (χ0v) is 17.8. The number of rotatable bonds is 8. The number of benzene rings is 1. The molecule has 1 aromatic heterocycles. The Morgan fingerprint density at radius 2 is 2.06 bits per heavy atom. The number of nitriles is 1. The summed E-state index contributed by atoms with van der Waals surface area (Å²) in [4.78, 5) is 12.4. The first-order chi connectivity index (χ1) is 14.8. The van der Waals surface area contributed by atoms with Crippen molar-refractivity contribution < 1.29 is 23.1 Å². The fourth-order valence-electron chi connectivity index (χ4n) is 4.31. The second-order valence-corrected chi connectivity index (χ2v) is 9.10. The van der Waals surface area contributed by atoms with Gasteiger partial charge in [0.1, 0.15) is 4.88 Å². The van der Waals surface area contributed by atoms with Gasteiger partial charge in [-0.1, -0.05) is 30.4 Å². The van der Waals surface area contributed by atoms with Crippen molar-refractivity contribution in [3.63, 3.8) is 0 Å². The predicted octanol–water partition coefficient (Wildman–Crippen LogP) is 6.75. The summed E-state index contributed by atoms with van der Waals surface area (Å²) in [6.07, 6.45) is 4.35. The molecule has 0 radical (unpaired) electrons. The molecule has 0 amide bonds. The minimum Gasteiger partial charge on any atom is -0.477 e. The van der Waals surface area contributed by atoms with Crippen molar-refractivity contribution in [3.05, 3.63) is 69.4 Å². The Morgan fingerprint density at radius 1 is 1.26 bits per heavy atom. The Hall–Kier alpha value is -2.59. The number of hydrogen-bond acceptors (Lipinski definition) is 3. The molecule has 0 saturated heterocycles. The first kappa shape index (κ1) is 23.1. The third-order valence-electron chi connectivity index (χ3n) is 5.87. The Morgan fingerprint density at radius 3 is 2.74 bits per heavy atom. The third-order valence-corrected chi connectivity index (χ3v) is 7.00. The van der Waals surface area contributed by atoms with Gasteiger partial charge in [-0.25, -0.2) is 4.79 Å². The van der Waals surface area contributed by atoms with Gasteiger partial charge in [-0.3, -0.25) is 0 Å². The van der Waals surface area contributed by atoms with Crippen molar-refractivity contribution in [2.45, 2.75) is 44.7 Å². The molecule has 164 valence electrons. The summed E-state index contributed by atoms with van der Waals surface area (Å²) in [5.41, 5.74) is -0.0225. The van der Waals surface area contributed by atoms with Gasteiger partial charge in [0.05, 0.1) is 11.6 Å². The molecule has 0 unspecified atom stereocenters. The van der Waals surface area contributed by atoms with Crippen molar-refractivity contribution >= 4 is 17.3 Å². The molecular weight excluding hydrogens is 423 g/mol. The van der Waals surface area contributed by atoms with Crippen molar-refractivity contribution in [3.8, 4) is 6.07 Å². The van der Waals surface area contributed by atoms with Crippen LogP contribution in [-0.2, 0) is 19.0 Å². The van der Waals surface area contributed by atoms with Crippen LogP contribution in [-0.4, -0.2) is 11.1 Å². The Labute approximate surface area is 183 Å². The topological polar surface area (TPSA) is 61.1 Å². The van der Waals surface area contributed by atoms with Crippen LogP contribution in [0.4, 0.5) is 13.2 Å². The normalized spacial score (nSPS) is 21.4. The van der Waals surface area contributed by atoms with E-state index in [9.17, 15) is 23.2 Å². The van der Waals surface area contributed by atoms with E-state index in [1.54, 1.807) is 12.1 Å². The molecule has 1 saturated carbocycles. The molecule has 0 aliphatic heterocycles. The standard InChI is InChI=1S/C24H24F3NO2S/c25-24(26,27)19-7-2-5-16(14-19)4-1-6-17-10-11-18(15-28)21(17)9-3-8-20-12-13-22(31-20)23(29)30/h1-2,5-7,12-14,17-18,21H,3-4,8-11H2,(H,29,30)/b6-1+/t17-,18-,21+/m0/s1. The maximum absolute atomic E-state index is 12.9. The average molecular weight is 448 g/mol. The van der Waals surface area contributed by atoms with Gasteiger partial charge < -0.3 is 5.11 Å². The number of carbonyl (C=O) groups is 1. The molecule has 2 aromatic rings. The van der Waals surface area contributed by atoms with Crippen LogP contribution in [0.2, 0.25) is 0 Å². The minimum absolute atomic E-state index is 0.0128. The van der Waals surface area contributed by atoms with Crippen molar-refractivity contribution in [2.24, 2.45) is 17.8 Å². The lowest BCUT2D eigenvalue weighted by Crippen LogP contribution is -2.13. The lowest BCUT2D eigenvalue weighted by atomic mass is 9.85. The van der Waals surface area contributed by atoms with Crippen molar-refractivity contribution in [2.75, 3.05) is 0 Å². The lowest BCUT2D eigenvalue weighted by molar-refractivity contribution is -0.137. The van der Waals surface area contributed by atoms with Crippen LogP contribution < -0.4 is 0 Å². The maximum Gasteiger partial charge on any atom is 0.416 e. The van der Waals surface area contributed by atoms with Crippen molar-refractivity contribution in [1.29, 1.82) is 5.26 Å². The number of aromatic carboxylic acids is 1. The smallest absolute Gasteiger partial charge is 0.416 e. The molecule has 1 aliphatic carbocycles. The molecule has 1 fully saturated rings. The van der Waals surface area contributed by atoms with E-state index in [0.29, 0.717) is 16.9 Å². The molecular formula is C24H24F3NO2S. The van der Waals surface area contributed by atoms with Gasteiger partial charge in [-0.15, -0.1) is 11.3 Å². The zero-order chi connectivity index (χ0) is 22.4. The number of alkyl halides is 3. The van der Waals surface area contributed by atoms with Crippen LogP contribution in [0.1, 0.15) is 51.4 Å². The molecule has 3 atom stereocenters. The Kier molecular flexibility index (Phi) is 7.55. The summed E-state index contributed by atoms with van der Waals surface area (Å²) < 4.78 is 38.6. The highest BCUT2D eigenvalue weighted by atomic mass is 32.1. The van der Waals surface area contributed by atoms with Crippen molar-refractivity contribution in [1.82, 2.24) is 0 Å². The summed E-state index contributed by atoms with van der Waals surface area (Å²) >= 11 is 1.29. The van der Waals surface area contributed by atoms with Gasteiger partial charge in [0.15, 0.2) is 0 Å². The number of carboxylic acids is 1. The first-order valence-corrected chi connectivity index (χ1v) is 11.1. The van der Waals surface area contributed by atoms with Crippen LogP contribution in [0.3, 0.4) is 0 Å². The number of carboxylic acid groups (broad SMARTS) is 1. The average Bonchev–Trinajstić information content (AvgIpc) is 3.35. The van der Waals surface area contributed by atoms with E-state index >= 15 is 0 Å². The minimum atomic E-state index is -4.34. The second kappa shape index (κ2) is 10.1. The monoisotopic (exact) mass is 447 g/mol. The number of allylic oxidation sites excluding steroid dienone is 2. The van der Waals surface area contributed by atoms with Gasteiger partial charge in [0, 0.05) is 10.8 Å². The summed E-state index contributed by atoms with van der Waals surface area (Å²) in [6, 6.07) is 11.2. The van der Waals surface area contributed by atoms with E-state index in [0.717, 1.165) is 43.0 Å². The number of hydrogen-bond donors (Lipinski definition) is 1. The second-order valence-electron chi connectivity index (χ2n) is 7.93. The first-order valence-electron chi connectivity index (χ1n) is 10.3. The molecule has 1 N–H and O–H groups in total. The molecule has 0 bridgehead atoms. The summed E-state index contributed by atoms with van der Waals surface area (Å²) in [5.74, 6) is -0.460. The Bertz CT molecular complexity index is 974. The van der Waals surface area contributed by atoms with Gasteiger partial charge in [0.2, 0.25) is 0 Å². The summed E-state index contributed by atoms with van der Waals surface area (Å²) in [5, 5.41) is 18.5. The molecule has 3 nitrogen and oxygen atoms in total. The number of halogens is 3. The highest BCUT2D eigenvalue weighted by Crippen LogP contribution is 2.41. The third kappa shape index (κ3) is 6.20. The molecule has 1 aromatic carbocycles. The van der Waals surface area contributed by atoms with Gasteiger partial charge in [0.25, 0.3) is 0 Å². The fraction of sp³-hybridized carbons (Fsp3) is 0.417. The van der Waals surface area contributed by atoms with E-state index in [2.05, 4.69) is 12.1 Å². The zero-order valence-electron chi connectivity index (χ0n) is 16.9. The maximum atomic E-state index is 12.9. The molecule has 1 aliphatic rings. The lowest BCUT2D eigenvalue weighted by Gasteiger charge is -2.19. The highest BCUT2D eigenvalue weighted by molar-refractivity contribution is 7.13. The number of aryl methyl sites for hydroxylation is 1. The number of nitrogens with zero attached hydrogens (tertiary/aromatic N) is 1. The van der Waals surface area contributed by atoms with Crippen LogP contribution >= 0.6 is 11.3 Å². The van der Waals surface area contributed by atoms with Crippen LogP contribution in [0.15, 0.2) is 48.6 Å². The summed E-state index contributed by atoms with van der Waals surface area (Å²) in [6.45, 7) is 0. The van der Waals surface area contributed by atoms with Gasteiger partial charge in [-0.05, 0) is 74.1 Å². The fourth-order valence-corrected chi connectivity index (χ4v) is 5.19. The largest absolute Gasteiger partial charge is 0.477 e.